The fourth-order valence-corrected chi connectivity index (χ4v) is 4.13. The maximum Gasteiger partial charge on any atom is 0.253 e. The van der Waals surface area contributed by atoms with Crippen LogP contribution in [0, 0.1) is 5.82 Å². The number of carbonyl (C=O) groups excluding carboxylic acids is 1. The molecule has 1 atom stereocenters. The minimum atomic E-state index is -0.294. The van der Waals surface area contributed by atoms with E-state index in [1.807, 2.05) is 17.0 Å². The molecule has 0 radical (unpaired) electrons. The van der Waals surface area contributed by atoms with Crippen LogP contribution in [-0.4, -0.2) is 43.1 Å². The zero-order valence-electron chi connectivity index (χ0n) is 16.1. The molecule has 2 fully saturated rings. The van der Waals surface area contributed by atoms with Crippen molar-refractivity contribution in [3.8, 4) is 5.75 Å². The number of piperidine rings is 2. The summed E-state index contributed by atoms with van der Waals surface area (Å²) in [6.07, 6.45) is 3.95. The Bertz CT molecular complexity index is 795. The maximum atomic E-state index is 13.3. The molecule has 1 N–H and O–H groups in total. The van der Waals surface area contributed by atoms with E-state index in [0.29, 0.717) is 24.8 Å². The fourth-order valence-electron chi connectivity index (χ4n) is 4.13. The number of nitrogens with one attached hydrogen (secondary N) is 1. The van der Waals surface area contributed by atoms with Crippen molar-refractivity contribution in [3.05, 3.63) is 65.5 Å². The van der Waals surface area contributed by atoms with Crippen molar-refractivity contribution in [2.75, 3.05) is 26.2 Å². The van der Waals surface area contributed by atoms with Crippen LogP contribution in [0.4, 0.5) is 4.39 Å². The Morgan fingerprint density at radius 3 is 2.54 bits per heavy atom. The summed E-state index contributed by atoms with van der Waals surface area (Å²) in [7, 11) is 0. The SMILES string of the molecule is O=C(c1ccc(C2CCCNC2)cc1)N1CCC(Oc2cccc(F)c2)CC1. The van der Waals surface area contributed by atoms with Gasteiger partial charge in [0.15, 0.2) is 0 Å². The number of hydrogen-bond donors (Lipinski definition) is 1. The molecule has 148 valence electrons. The molecule has 0 aromatic heterocycles. The van der Waals surface area contributed by atoms with E-state index in [1.54, 1.807) is 12.1 Å². The van der Waals surface area contributed by atoms with Crippen LogP contribution in [0.25, 0.3) is 0 Å². The zero-order valence-corrected chi connectivity index (χ0v) is 16.1. The summed E-state index contributed by atoms with van der Waals surface area (Å²) in [5.74, 6) is 0.890. The molecule has 2 aromatic rings. The molecule has 4 rings (SSSR count). The molecule has 2 saturated heterocycles. The number of benzene rings is 2. The largest absolute Gasteiger partial charge is 0.490 e. The van der Waals surface area contributed by atoms with Gasteiger partial charge in [-0.3, -0.25) is 4.79 Å². The summed E-state index contributed by atoms with van der Waals surface area (Å²) in [5, 5.41) is 3.44. The number of likely N-dealkylation sites (tertiary alicyclic amines) is 1. The van der Waals surface area contributed by atoms with Gasteiger partial charge in [0, 0.05) is 44.1 Å². The molecule has 2 aliphatic rings. The Morgan fingerprint density at radius 1 is 1.07 bits per heavy atom. The molecule has 0 spiro atoms. The third-order valence-corrected chi connectivity index (χ3v) is 5.75. The van der Waals surface area contributed by atoms with Crippen molar-refractivity contribution in [3.63, 3.8) is 0 Å². The predicted octanol–water partition coefficient (Wildman–Crippen LogP) is 3.98. The van der Waals surface area contributed by atoms with E-state index in [-0.39, 0.29) is 17.8 Å². The van der Waals surface area contributed by atoms with Gasteiger partial charge in [0.2, 0.25) is 0 Å². The van der Waals surface area contributed by atoms with Gasteiger partial charge >= 0.3 is 0 Å². The molecular formula is C23H27FN2O2. The number of carbonyl (C=O) groups is 1. The molecule has 1 unspecified atom stereocenters. The van der Waals surface area contributed by atoms with Gasteiger partial charge in [-0.2, -0.15) is 0 Å². The highest BCUT2D eigenvalue weighted by molar-refractivity contribution is 5.94. The van der Waals surface area contributed by atoms with E-state index in [1.165, 1.54) is 30.5 Å². The quantitative estimate of drug-likeness (QED) is 0.870. The van der Waals surface area contributed by atoms with Crippen LogP contribution in [0.3, 0.4) is 0 Å². The highest BCUT2D eigenvalue weighted by Gasteiger charge is 2.25. The number of ether oxygens (including phenoxy) is 1. The second kappa shape index (κ2) is 8.74. The van der Waals surface area contributed by atoms with Crippen LogP contribution < -0.4 is 10.1 Å². The summed E-state index contributed by atoms with van der Waals surface area (Å²) in [5.41, 5.74) is 2.06. The Balaban J connectivity index is 1.31. The van der Waals surface area contributed by atoms with Crippen LogP contribution in [0.5, 0.6) is 5.75 Å². The van der Waals surface area contributed by atoms with Crippen molar-refractivity contribution in [1.82, 2.24) is 10.2 Å². The molecule has 0 saturated carbocycles. The van der Waals surface area contributed by atoms with Gasteiger partial charge in [-0.15, -0.1) is 0 Å². The van der Waals surface area contributed by atoms with Crippen molar-refractivity contribution in [2.45, 2.75) is 37.7 Å². The highest BCUT2D eigenvalue weighted by Crippen LogP contribution is 2.25. The summed E-state index contributed by atoms with van der Waals surface area (Å²) >= 11 is 0. The lowest BCUT2D eigenvalue weighted by Gasteiger charge is -2.32. The highest BCUT2D eigenvalue weighted by atomic mass is 19.1. The molecule has 28 heavy (non-hydrogen) atoms. The van der Waals surface area contributed by atoms with Crippen molar-refractivity contribution in [2.24, 2.45) is 0 Å². The monoisotopic (exact) mass is 382 g/mol. The molecule has 5 heteroatoms. The van der Waals surface area contributed by atoms with E-state index in [9.17, 15) is 9.18 Å². The molecule has 1 amide bonds. The lowest BCUT2D eigenvalue weighted by atomic mass is 9.91. The van der Waals surface area contributed by atoms with E-state index in [0.717, 1.165) is 31.5 Å². The van der Waals surface area contributed by atoms with Crippen molar-refractivity contribution < 1.29 is 13.9 Å². The Labute approximate surface area is 165 Å². The first-order valence-corrected chi connectivity index (χ1v) is 10.2. The molecular weight excluding hydrogens is 355 g/mol. The molecule has 2 heterocycles. The summed E-state index contributed by atoms with van der Waals surface area (Å²) in [4.78, 5) is 14.7. The smallest absolute Gasteiger partial charge is 0.253 e. The first-order chi connectivity index (χ1) is 13.7. The van der Waals surface area contributed by atoms with Gasteiger partial charge in [0.1, 0.15) is 17.7 Å². The number of amides is 1. The summed E-state index contributed by atoms with van der Waals surface area (Å²) in [6, 6.07) is 14.4. The second-order valence-electron chi connectivity index (χ2n) is 7.73. The molecule has 4 nitrogen and oxygen atoms in total. The van der Waals surface area contributed by atoms with Gasteiger partial charge < -0.3 is 15.0 Å². The average Bonchev–Trinajstić information content (AvgIpc) is 2.75. The topological polar surface area (TPSA) is 41.6 Å². The fraction of sp³-hybridized carbons (Fsp3) is 0.435. The number of hydrogen-bond acceptors (Lipinski definition) is 3. The van der Waals surface area contributed by atoms with Gasteiger partial charge in [0.25, 0.3) is 5.91 Å². The standard InChI is InChI=1S/C23H27FN2O2/c24-20-4-1-5-22(15-20)28-21-10-13-26(14-11-21)23(27)18-8-6-17(7-9-18)19-3-2-12-25-16-19/h1,4-9,15,19,21,25H,2-3,10-14,16H2. The first kappa shape index (κ1) is 18.9. The van der Waals surface area contributed by atoms with E-state index in [4.69, 9.17) is 4.74 Å². The van der Waals surface area contributed by atoms with E-state index in [2.05, 4.69) is 17.4 Å². The Hall–Kier alpha value is -2.40. The zero-order chi connectivity index (χ0) is 19.3. The number of halogens is 1. The number of rotatable bonds is 4. The molecule has 2 aliphatic heterocycles. The van der Waals surface area contributed by atoms with Crippen molar-refractivity contribution in [1.29, 1.82) is 0 Å². The third kappa shape index (κ3) is 4.53. The van der Waals surface area contributed by atoms with Crippen molar-refractivity contribution >= 4 is 5.91 Å². The van der Waals surface area contributed by atoms with Crippen LogP contribution >= 0.6 is 0 Å². The van der Waals surface area contributed by atoms with Gasteiger partial charge in [-0.25, -0.2) is 4.39 Å². The summed E-state index contributed by atoms with van der Waals surface area (Å²) in [6.45, 7) is 3.44. The normalized spacial score (nSPS) is 20.8. The lowest BCUT2D eigenvalue weighted by molar-refractivity contribution is 0.0595. The predicted molar refractivity (Wildman–Crippen MR) is 107 cm³/mol. The van der Waals surface area contributed by atoms with E-state index < -0.39 is 0 Å². The third-order valence-electron chi connectivity index (χ3n) is 5.75. The average molecular weight is 382 g/mol. The first-order valence-electron chi connectivity index (χ1n) is 10.2. The second-order valence-corrected chi connectivity index (χ2v) is 7.73. The number of nitrogens with zero attached hydrogens (tertiary/aromatic N) is 1. The molecule has 2 aromatic carbocycles. The minimum Gasteiger partial charge on any atom is -0.490 e. The molecule has 0 aliphatic carbocycles. The molecule has 0 bridgehead atoms. The van der Waals surface area contributed by atoms with Crippen LogP contribution in [-0.2, 0) is 0 Å². The Morgan fingerprint density at radius 2 is 1.86 bits per heavy atom. The van der Waals surface area contributed by atoms with Crippen LogP contribution in [0.1, 0.15) is 47.5 Å². The Kier molecular flexibility index (Phi) is 5.91. The van der Waals surface area contributed by atoms with E-state index >= 15 is 0 Å². The van der Waals surface area contributed by atoms with Gasteiger partial charge in [-0.1, -0.05) is 18.2 Å². The van der Waals surface area contributed by atoms with Crippen LogP contribution in [0.2, 0.25) is 0 Å². The summed E-state index contributed by atoms with van der Waals surface area (Å²) < 4.78 is 19.2. The van der Waals surface area contributed by atoms with Gasteiger partial charge in [-0.05, 0) is 55.1 Å². The minimum absolute atomic E-state index is 0.0204. The van der Waals surface area contributed by atoms with Gasteiger partial charge in [0.05, 0.1) is 0 Å². The maximum absolute atomic E-state index is 13.3. The van der Waals surface area contributed by atoms with Crippen LogP contribution in [0.15, 0.2) is 48.5 Å². The lowest BCUT2D eigenvalue weighted by Crippen LogP contribution is -2.41.